The van der Waals surface area contributed by atoms with Gasteiger partial charge in [0.25, 0.3) is 11.8 Å². The maximum Gasteiger partial charge on any atom is 0.425 e. The summed E-state index contributed by atoms with van der Waals surface area (Å²) >= 11 is 5.88. The van der Waals surface area contributed by atoms with Crippen molar-refractivity contribution in [2.45, 2.75) is 44.9 Å². The molecule has 5 nitrogen and oxygen atoms in total. The molecule has 0 fully saturated rings. The molecule has 1 heterocycles. The highest BCUT2D eigenvalue weighted by Crippen LogP contribution is 2.52. The molecule has 0 saturated carbocycles. The van der Waals surface area contributed by atoms with Crippen LogP contribution in [0.2, 0.25) is 5.02 Å². The summed E-state index contributed by atoms with van der Waals surface area (Å²) in [6.07, 6.45) is -5.55. The second kappa shape index (κ2) is 8.48. The molecule has 1 unspecified atom stereocenters. The molecule has 1 aliphatic heterocycles. The van der Waals surface area contributed by atoms with Gasteiger partial charge in [-0.15, -0.1) is 0 Å². The summed E-state index contributed by atoms with van der Waals surface area (Å²) in [6.45, 7) is 3.10. The van der Waals surface area contributed by atoms with Crippen molar-refractivity contribution in [2.75, 3.05) is 0 Å². The quantitative estimate of drug-likeness (QED) is 0.578. The third-order valence-corrected chi connectivity index (χ3v) is 6.42. The van der Waals surface area contributed by atoms with Crippen molar-refractivity contribution >= 4 is 29.2 Å². The van der Waals surface area contributed by atoms with Crippen molar-refractivity contribution in [3.05, 3.63) is 81.8 Å². The molecule has 2 amide bonds. The first kappa shape index (κ1) is 24.9. The first-order valence-corrected chi connectivity index (χ1v) is 11.1. The summed E-state index contributed by atoms with van der Waals surface area (Å²) in [4.78, 5) is 40.6. The van der Waals surface area contributed by atoms with E-state index in [0.717, 1.165) is 23.1 Å². The van der Waals surface area contributed by atoms with Crippen LogP contribution in [0.15, 0.2) is 59.8 Å². The number of amides is 2. The van der Waals surface area contributed by atoms with Crippen LogP contribution in [0.25, 0.3) is 0 Å². The summed E-state index contributed by atoms with van der Waals surface area (Å²) in [5.74, 6) is -4.10. The minimum absolute atomic E-state index is 0.00583. The maximum absolute atomic E-state index is 14.8. The Balaban J connectivity index is 1.87. The number of allylic oxidation sites excluding steroid dienone is 1. The number of nitrogens with zero attached hydrogens (tertiary/aromatic N) is 1. The fraction of sp³-hybridized carbons (Fsp3) is 0.320. The minimum Gasteiger partial charge on any atom is -0.326 e. The SMILES string of the molecule is CC1(C)CC(=O)C2=C(C1)N(Cc1ccc(F)cc1)C(=O)C2(NC(=O)c1cccc(Cl)c1)C(F)(F)F. The number of benzene rings is 2. The van der Waals surface area contributed by atoms with Gasteiger partial charge in [-0.3, -0.25) is 14.4 Å². The average molecular weight is 509 g/mol. The molecular formula is C25H21ClF4N2O3. The number of Topliss-reactive ketones (excluding diaryl/α,β-unsaturated/α-hetero) is 1. The summed E-state index contributed by atoms with van der Waals surface area (Å²) in [6, 6.07) is 10.2. The van der Waals surface area contributed by atoms with E-state index in [4.69, 9.17) is 11.6 Å². The molecule has 35 heavy (non-hydrogen) atoms. The highest BCUT2D eigenvalue weighted by Gasteiger charge is 2.71. The van der Waals surface area contributed by atoms with Gasteiger partial charge in [-0.25, -0.2) is 4.39 Å². The number of nitrogens with one attached hydrogen (secondary N) is 1. The number of rotatable bonds is 4. The van der Waals surface area contributed by atoms with Gasteiger partial charge in [-0.05, 0) is 47.7 Å². The molecule has 0 aromatic heterocycles. The molecule has 0 radical (unpaired) electrons. The van der Waals surface area contributed by atoms with Crippen molar-refractivity contribution < 1.29 is 31.9 Å². The Morgan fingerprint density at radius 3 is 2.34 bits per heavy atom. The normalized spacial score (nSPS) is 21.9. The molecule has 2 aromatic carbocycles. The van der Waals surface area contributed by atoms with E-state index in [2.05, 4.69) is 0 Å². The number of ketones is 1. The predicted octanol–water partition coefficient (Wildman–Crippen LogP) is 5.20. The molecule has 1 atom stereocenters. The van der Waals surface area contributed by atoms with Gasteiger partial charge < -0.3 is 10.2 Å². The van der Waals surface area contributed by atoms with Crippen molar-refractivity contribution in [1.29, 1.82) is 0 Å². The fourth-order valence-corrected chi connectivity index (χ4v) is 4.83. The standard InChI is InChI=1S/C25H21ClF4N2O3/c1-23(2)11-18-20(19(33)12-23)24(25(28,29)30,31-21(34)15-4-3-5-16(26)10-15)22(35)32(18)13-14-6-8-17(27)9-7-14/h3-10H,11-13H2,1-2H3,(H,31,34). The van der Waals surface area contributed by atoms with Crippen LogP contribution >= 0.6 is 11.6 Å². The zero-order chi connectivity index (χ0) is 25.8. The molecule has 4 rings (SSSR count). The van der Waals surface area contributed by atoms with Crippen molar-refractivity contribution in [1.82, 2.24) is 10.2 Å². The van der Waals surface area contributed by atoms with Crippen LogP contribution in [-0.2, 0) is 16.1 Å². The summed E-state index contributed by atoms with van der Waals surface area (Å²) in [5, 5.41) is 1.97. The fourth-order valence-electron chi connectivity index (χ4n) is 4.64. The lowest BCUT2D eigenvalue weighted by Crippen LogP contribution is -2.66. The van der Waals surface area contributed by atoms with Crippen LogP contribution in [0.5, 0.6) is 0 Å². The number of carbonyl (C=O) groups is 3. The van der Waals surface area contributed by atoms with E-state index in [-0.39, 0.29) is 35.7 Å². The van der Waals surface area contributed by atoms with Crippen LogP contribution in [0, 0.1) is 11.2 Å². The Morgan fingerprint density at radius 2 is 1.74 bits per heavy atom. The topological polar surface area (TPSA) is 66.5 Å². The lowest BCUT2D eigenvalue weighted by Gasteiger charge is -2.35. The lowest BCUT2D eigenvalue weighted by molar-refractivity contribution is -0.190. The first-order chi connectivity index (χ1) is 16.2. The van der Waals surface area contributed by atoms with Gasteiger partial charge in [0.15, 0.2) is 5.78 Å². The van der Waals surface area contributed by atoms with E-state index in [1.807, 2.05) is 5.32 Å². The van der Waals surface area contributed by atoms with Gasteiger partial charge in [0.2, 0.25) is 5.54 Å². The molecule has 0 spiro atoms. The highest BCUT2D eigenvalue weighted by atomic mass is 35.5. The largest absolute Gasteiger partial charge is 0.425 e. The van der Waals surface area contributed by atoms with Crippen molar-refractivity contribution in [3.63, 3.8) is 0 Å². The molecular weight excluding hydrogens is 488 g/mol. The summed E-state index contributed by atoms with van der Waals surface area (Å²) in [5.41, 5.74) is -4.97. The molecule has 184 valence electrons. The predicted molar refractivity (Wildman–Crippen MR) is 120 cm³/mol. The van der Waals surface area contributed by atoms with E-state index in [1.165, 1.54) is 30.3 Å². The van der Waals surface area contributed by atoms with Gasteiger partial charge in [-0.2, -0.15) is 13.2 Å². The monoisotopic (exact) mass is 508 g/mol. The van der Waals surface area contributed by atoms with Gasteiger partial charge >= 0.3 is 6.18 Å². The number of hydrogen-bond donors (Lipinski definition) is 1. The van der Waals surface area contributed by atoms with E-state index >= 15 is 0 Å². The van der Waals surface area contributed by atoms with Crippen LogP contribution in [-0.4, -0.2) is 34.2 Å². The van der Waals surface area contributed by atoms with Crippen LogP contribution in [0.3, 0.4) is 0 Å². The molecule has 1 N–H and O–H groups in total. The zero-order valence-corrected chi connectivity index (χ0v) is 19.6. The average Bonchev–Trinajstić information content (AvgIpc) is 2.97. The first-order valence-electron chi connectivity index (χ1n) is 10.7. The lowest BCUT2D eigenvalue weighted by atomic mass is 9.72. The number of halogens is 5. The molecule has 2 aromatic rings. The zero-order valence-electron chi connectivity index (χ0n) is 18.8. The molecule has 0 saturated heterocycles. The number of carbonyl (C=O) groups excluding carboxylic acids is 3. The van der Waals surface area contributed by atoms with E-state index in [0.29, 0.717) is 5.56 Å². The highest BCUT2D eigenvalue weighted by molar-refractivity contribution is 6.31. The second-order valence-corrected chi connectivity index (χ2v) is 9.93. The Morgan fingerprint density at radius 1 is 1.09 bits per heavy atom. The van der Waals surface area contributed by atoms with Crippen LogP contribution < -0.4 is 5.32 Å². The van der Waals surface area contributed by atoms with Gasteiger partial charge in [0, 0.05) is 22.7 Å². The third kappa shape index (κ3) is 4.33. The number of hydrogen-bond acceptors (Lipinski definition) is 3. The summed E-state index contributed by atoms with van der Waals surface area (Å²) in [7, 11) is 0. The van der Waals surface area contributed by atoms with Crippen LogP contribution in [0.1, 0.15) is 42.6 Å². The van der Waals surface area contributed by atoms with Gasteiger partial charge in [0.1, 0.15) is 5.82 Å². The Bertz CT molecular complexity index is 1250. The van der Waals surface area contributed by atoms with Gasteiger partial charge in [0.05, 0.1) is 12.1 Å². The van der Waals surface area contributed by atoms with Crippen LogP contribution in [0.4, 0.5) is 17.6 Å². The Labute approximate surface area is 203 Å². The molecule has 2 aliphatic rings. The van der Waals surface area contributed by atoms with E-state index in [1.54, 1.807) is 13.8 Å². The van der Waals surface area contributed by atoms with Crippen molar-refractivity contribution in [2.24, 2.45) is 5.41 Å². The second-order valence-electron chi connectivity index (χ2n) is 9.49. The summed E-state index contributed by atoms with van der Waals surface area (Å²) < 4.78 is 57.8. The Hall–Kier alpha value is -3.20. The van der Waals surface area contributed by atoms with E-state index in [9.17, 15) is 31.9 Å². The number of alkyl halides is 3. The maximum atomic E-state index is 14.8. The van der Waals surface area contributed by atoms with E-state index < -0.39 is 46.1 Å². The smallest absolute Gasteiger partial charge is 0.326 e. The molecule has 1 aliphatic carbocycles. The molecule has 0 bridgehead atoms. The van der Waals surface area contributed by atoms with Gasteiger partial charge in [-0.1, -0.05) is 43.6 Å². The van der Waals surface area contributed by atoms with Crippen molar-refractivity contribution in [3.8, 4) is 0 Å². The Kier molecular flexibility index (Phi) is 6.03. The molecule has 10 heteroatoms. The third-order valence-electron chi connectivity index (χ3n) is 6.19. The minimum atomic E-state index is -5.33.